The molecule has 88 valence electrons. The number of cyclic esters (lactones) is 2. The molecule has 0 radical (unpaired) electrons. The molecule has 0 unspecified atom stereocenters. The molecule has 0 aromatic heterocycles. The number of hydrogen-bond donors (Lipinski definition) is 0. The van der Waals surface area contributed by atoms with Crippen LogP contribution in [-0.2, 0) is 19.2 Å². The van der Waals surface area contributed by atoms with Gasteiger partial charge in [-0.2, -0.15) is 5.06 Å². The minimum Gasteiger partial charge on any atom is -0.391 e. The quantitative estimate of drug-likeness (QED) is 0.447. The van der Waals surface area contributed by atoms with Gasteiger partial charge in [-0.15, -0.1) is 0 Å². The Kier molecular flexibility index (Phi) is 2.44. The van der Waals surface area contributed by atoms with E-state index in [-0.39, 0.29) is 12.0 Å². The second kappa shape index (κ2) is 3.82. The van der Waals surface area contributed by atoms with Crippen molar-refractivity contribution in [2.24, 2.45) is 5.92 Å². The third-order valence-electron chi connectivity index (χ3n) is 3.69. The van der Waals surface area contributed by atoms with Gasteiger partial charge in [0.15, 0.2) is 6.10 Å². The summed E-state index contributed by atoms with van der Waals surface area (Å²) in [6.07, 6.45) is 4.80. The smallest absolute Gasteiger partial charge is 0.346 e. The number of carbonyl (C=O) groups excluding carboxylic acids is 2. The Balaban J connectivity index is 1.83. The number of hydrogen-bond acceptors (Lipinski definition) is 5. The number of rotatable bonds is 0. The maximum atomic E-state index is 11.6. The molecule has 0 aromatic carbocycles. The normalized spacial score (nSPS) is 39.9. The monoisotopic (exact) mass is 225 g/mol. The van der Waals surface area contributed by atoms with Crippen LogP contribution in [-0.4, -0.2) is 35.7 Å². The summed E-state index contributed by atoms with van der Waals surface area (Å²) in [6.45, 7) is 0.818. The molecule has 3 aliphatic heterocycles. The molecule has 3 fully saturated rings. The van der Waals surface area contributed by atoms with Crippen molar-refractivity contribution in [3.8, 4) is 0 Å². The molecule has 3 heterocycles. The van der Waals surface area contributed by atoms with Crippen molar-refractivity contribution >= 4 is 11.9 Å². The highest BCUT2D eigenvalue weighted by Crippen LogP contribution is 2.37. The topological polar surface area (TPSA) is 55.8 Å². The molecule has 0 aromatic rings. The van der Waals surface area contributed by atoms with E-state index in [1.54, 1.807) is 0 Å². The molecule has 0 aliphatic carbocycles. The van der Waals surface area contributed by atoms with Crippen molar-refractivity contribution in [3.63, 3.8) is 0 Å². The first kappa shape index (κ1) is 10.2. The first-order valence-corrected chi connectivity index (χ1v) is 5.96. The van der Waals surface area contributed by atoms with Crippen LogP contribution in [0.2, 0.25) is 0 Å². The van der Waals surface area contributed by atoms with Crippen molar-refractivity contribution in [2.75, 3.05) is 6.54 Å². The zero-order valence-electron chi connectivity index (χ0n) is 9.05. The molecule has 0 bridgehead atoms. The molecule has 0 N–H and O–H groups in total. The highest BCUT2D eigenvalue weighted by atomic mass is 16.7. The van der Waals surface area contributed by atoms with Crippen molar-refractivity contribution < 1.29 is 19.2 Å². The second-order valence-corrected chi connectivity index (χ2v) is 4.70. The summed E-state index contributed by atoms with van der Waals surface area (Å²) in [5.74, 6) is -1.30. The number of carbonyl (C=O) groups is 2. The number of hydroxylamine groups is 2. The van der Waals surface area contributed by atoms with Crippen molar-refractivity contribution in [1.82, 2.24) is 5.06 Å². The minimum atomic E-state index is -0.671. The molecule has 3 rings (SSSR count). The van der Waals surface area contributed by atoms with Gasteiger partial charge < -0.3 is 4.74 Å². The Morgan fingerprint density at radius 2 is 1.88 bits per heavy atom. The highest BCUT2D eigenvalue weighted by Gasteiger charge is 2.57. The Hall–Kier alpha value is -0.940. The summed E-state index contributed by atoms with van der Waals surface area (Å²) in [5.41, 5.74) is 0. The molecule has 3 aliphatic rings. The van der Waals surface area contributed by atoms with Crippen LogP contribution in [0.4, 0.5) is 0 Å². The van der Waals surface area contributed by atoms with Gasteiger partial charge in [-0.05, 0) is 12.8 Å². The van der Waals surface area contributed by atoms with Gasteiger partial charge in [-0.1, -0.05) is 19.3 Å². The fourth-order valence-electron chi connectivity index (χ4n) is 2.88. The molecule has 0 spiro atoms. The summed E-state index contributed by atoms with van der Waals surface area (Å²) in [5, 5.41) is 1.84. The van der Waals surface area contributed by atoms with Crippen molar-refractivity contribution in [2.45, 2.75) is 44.2 Å². The van der Waals surface area contributed by atoms with E-state index < -0.39 is 18.0 Å². The van der Waals surface area contributed by atoms with Crippen LogP contribution in [0, 0.1) is 5.92 Å². The number of ether oxygens (including phenoxy) is 1. The first-order chi connectivity index (χ1) is 7.77. The van der Waals surface area contributed by atoms with Crippen LogP contribution in [0.15, 0.2) is 0 Å². The van der Waals surface area contributed by atoms with E-state index in [9.17, 15) is 9.59 Å². The molecule has 0 amide bonds. The number of fused-ring (bicyclic) bond motifs is 3. The third kappa shape index (κ3) is 1.46. The lowest BCUT2D eigenvalue weighted by atomic mass is 9.91. The van der Waals surface area contributed by atoms with Crippen LogP contribution in [0.3, 0.4) is 0 Å². The van der Waals surface area contributed by atoms with Gasteiger partial charge >= 0.3 is 11.9 Å². The molecule has 5 nitrogen and oxygen atoms in total. The Bertz CT molecular complexity index is 330. The van der Waals surface area contributed by atoms with E-state index in [0.29, 0.717) is 0 Å². The van der Waals surface area contributed by atoms with Gasteiger partial charge in [-0.25, -0.2) is 4.79 Å². The van der Waals surface area contributed by atoms with Gasteiger partial charge in [0, 0.05) is 6.54 Å². The van der Waals surface area contributed by atoms with Gasteiger partial charge in [0.25, 0.3) is 0 Å². The van der Waals surface area contributed by atoms with E-state index in [1.165, 1.54) is 12.8 Å². The largest absolute Gasteiger partial charge is 0.391 e. The van der Waals surface area contributed by atoms with E-state index in [4.69, 9.17) is 4.84 Å². The third-order valence-corrected chi connectivity index (χ3v) is 3.69. The zero-order chi connectivity index (χ0) is 11.1. The second-order valence-electron chi connectivity index (χ2n) is 4.70. The lowest BCUT2D eigenvalue weighted by Crippen LogP contribution is -2.36. The fraction of sp³-hybridized carbons (Fsp3) is 0.818. The number of esters is 2. The molecule has 3 saturated heterocycles. The predicted molar refractivity (Wildman–Crippen MR) is 53.0 cm³/mol. The molecule has 16 heavy (non-hydrogen) atoms. The van der Waals surface area contributed by atoms with E-state index in [1.807, 2.05) is 5.06 Å². The van der Waals surface area contributed by atoms with E-state index in [0.717, 1.165) is 25.8 Å². The zero-order valence-corrected chi connectivity index (χ0v) is 9.05. The first-order valence-electron chi connectivity index (χ1n) is 5.96. The van der Waals surface area contributed by atoms with Crippen LogP contribution in [0.25, 0.3) is 0 Å². The summed E-state index contributed by atoms with van der Waals surface area (Å²) >= 11 is 0. The average Bonchev–Trinajstić information content (AvgIpc) is 2.67. The molecule has 3 atom stereocenters. The Morgan fingerprint density at radius 3 is 2.75 bits per heavy atom. The predicted octanol–water partition coefficient (Wildman–Crippen LogP) is 0.634. The maximum Gasteiger partial charge on any atom is 0.346 e. The summed E-state index contributed by atoms with van der Waals surface area (Å²) in [7, 11) is 0. The molecular formula is C11H15NO4. The summed E-state index contributed by atoms with van der Waals surface area (Å²) < 4.78 is 4.62. The summed E-state index contributed by atoms with van der Waals surface area (Å²) in [4.78, 5) is 28.5. The standard InChI is InChI=1S/C11H15NO4/c13-10-8-7-5-3-1-2-4-6-12(7)16-9(8)11(14)15-10/h7-9H,1-6H2/t7-,8+,9-/m1/s1. The molecule has 0 saturated carbocycles. The van der Waals surface area contributed by atoms with Crippen LogP contribution in [0.1, 0.15) is 32.1 Å². The van der Waals surface area contributed by atoms with Gasteiger partial charge in [0.2, 0.25) is 0 Å². The van der Waals surface area contributed by atoms with Gasteiger partial charge in [-0.3, -0.25) is 9.63 Å². The Morgan fingerprint density at radius 1 is 1.06 bits per heavy atom. The molecular weight excluding hydrogens is 210 g/mol. The number of nitrogens with zero attached hydrogens (tertiary/aromatic N) is 1. The summed E-state index contributed by atoms with van der Waals surface area (Å²) in [6, 6.07) is 0.0456. The van der Waals surface area contributed by atoms with E-state index in [2.05, 4.69) is 4.74 Å². The lowest BCUT2D eigenvalue weighted by molar-refractivity contribution is -0.188. The SMILES string of the molecule is O=C1OC(=O)[C@@H]2ON3CCCCCC[C@@H]3[C@H]12. The maximum absolute atomic E-state index is 11.6. The van der Waals surface area contributed by atoms with Crippen LogP contribution in [0.5, 0.6) is 0 Å². The van der Waals surface area contributed by atoms with Gasteiger partial charge in [0.05, 0.1) is 6.04 Å². The highest BCUT2D eigenvalue weighted by molar-refractivity contribution is 5.98. The van der Waals surface area contributed by atoms with E-state index >= 15 is 0 Å². The van der Waals surface area contributed by atoms with Crippen molar-refractivity contribution in [1.29, 1.82) is 0 Å². The lowest BCUT2D eigenvalue weighted by Gasteiger charge is -2.26. The van der Waals surface area contributed by atoms with Crippen LogP contribution < -0.4 is 0 Å². The van der Waals surface area contributed by atoms with Crippen LogP contribution >= 0.6 is 0 Å². The molecule has 5 heteroatoms. The fourth-order valence-corrected chi connectivity index (χ4v) is 2.88. The minimum absolute atomic E-state index is 0.0456. The Labute approximate surface area is 93.6 Å². The van der Waals surface area contributed by atoms with Crippen molar-refractivity contribution in [3.05, 3.63) is 0 Å². The van der Waals surface area contributed by atoms with Gasteiger partial charge in [0.1, 0.15) is 5.92 Å². The average molecular weight is 225 g/mol.